The van der Waals surface area contributed by atoms with Crippen molar-refractivity contribution < 1.29 is 14.2 Å². The van der Waals surface area contributed by atoms with Gasteiger partial charge in [-0.1, -0.05) is 6.42 Å². The molecular weight excluding hydrogens is 235 g/mol. The van der Waals surface area contributed by atoms with Gasteiger partial charge in [0, 0.05) is 24.6 Å². The van der Waals surface area contributed by atoms with Crippen molar-refractivity contribution in [3.05, 3.63) is 17.9 Å². The van der Waals surface area contributed by atoms with Crippen LogP contribution in [-0.2, 0) is 0 Å². The van der Waals surface area contributed by atoms with E-state index in [1.54, 1.807) is 6.07 Å². The van der Waals surface area contributed by atoms with Gasteiger partial charge in [0.25, 0.3) is 0 Å². The third-order valence-electron chi connectivity index (χ3n) is 3.49. The topological polar surface area (TPSA) is 67.5 Å². The average Bonchev–Trinajstić information content (AvgIpc) is 2.74. The molecule has 1 saturated carbocycles. The Bertz CT molecular complexity index is 426. The third-order valence-corrected chi connectivity index (χ3v) is 3.49. The molecular formula is C13H19FN2O2. The van der Waals surface area contributed by atoms with Gasteiger partial charge in [0.15, 0.2) is 0 Å². The molecule has 18 heavy (non-hydrogen) atoms. The summed E-state index contributed by atoms with van der Waals surface area (Å²) in [6.45, 7) is 0.561. The van der Waals surface area contributed by atoms with E-state index in [4.69, 9.17) is 10.5 Å². The Labute approximate surface area is 106 Å². The number of aliphatic hydroxyl groups excluding tert-OH is 1. The molecule has 1 aromatic carbocycles. The number of hydrogen-bond donors (Lipinski definition) is 3. The minimum atomic E-state index is -0.402. The summed E-state index contributed by atoms with van der Waals surface area (Å²) in [5, 5.41) is 12.7. The van der Waals surface area contributed by atoms with Crippen LogP contribution in [-0.4, -0.2) is 24.9 Å². The largest absolute Gasteiger partial charge is 0.495 e. The van der Waals surface area contributed by atoms with E-state index in [1.807, 2.05) is 0 Å². The SMILES string of the molecule is COc1cc(NCC2CCCC2O)c(F)cc1N. The van der Waals surface area contributed by atoms with Gasteiger partial charge in [-0.3, -0.25) is 0 Å². The van der Waals surface area contributed by atoms with Crippen molar-refractivity contribution in [3.63, 3.8) is 0 Å². The van der Waals surface area contributed by atoms with Crippen molar-refractivity contribution in [1.29, 1.82) is 0 Å². The molecule has 0 amide bonds. The Kier molecular flexibility index (Phi) is 3.91. The lowest BCUT2D eigenvalue weighted by molar-refractivity contribution is 0.138. The number of nitrogens with two attached hydrogens (primary N) is 1. The molecule has 1 aromatic rings. The molecule has 0 bridgehead atoms. The molecule has 0 aliphatic heterocycles. The van der Waals surface area contributed by atoms with Crippen LogP contribution in [0.15, 0.2) is 12.1 Å². The maximum atomic E-state index is 13.7. The second-order valence-corrected chi connectivity index (χ2v) is 4.71. The summed E-state index contributed by atoms with van der Waals surface area (Å²) in [6.07, 6.45) is 2.55. The van der Waals surface area contributed by atoms with E-state index >= 15 is 0 Å². The number of nitrogen functional groups attached to an aromatic ring is 1. The summed E-state index contributed by atoms with van der Waals surface area (Å²) in [4.78, 5) is 0. The predicted octanol–water partition coefficient (Wildman–Crippen LogP) is 1.99. The van der Waals surface area contributed by atoms with Gasteiger partial charge in [-0.05, 0) is 12.8 Å². The Balaban J connectivity index is 2.04. The maximum absolute atomic E-state index is 13.7. The van der Waals surface area contributed by atoms with Crippen molar-refractivity contribution in [1.82, 2.24) is 0 Å². The van der Waals surface area contributed by atoms with E-state index < -0.39 is 5.82 Å². The monoisotopic (exact) mass is 254 g/mol. The second kappa shape index (κ2) is 5.44. The Hall–Kier alpha value is -1.49. The summed E-state index contributed by atoms with van der Waals surface area (Å²) in [5.74, 6) is 0.236. The molecule has 1 aliphatic carbocycles. The molecule has 1 fully saturated rings. The highest BCUT2D eigenvalue weighted by Crippen LogP contribution is 2.30. The Morgan fingerprint density at radius 3 is 2.89 bits per heavy atom. The van der Waals surface area contributed by atoms with Gasteiger partial charge >= 0.3 is 0 Å². The van der Waals surface area contributed by atoms with Crippen LogP contribution in [0.1, 0.15) is 19.3 Å². The molecule has 0 radical (unpaired) electrons. The number of halogens is 1. The van der Waals surface area contributed by atoms with E-state index in [0.29, 0.717) is 18.0 Å². The fraction of sp³-hybridized carbons (Fsp3) is 0.538. The zero-order valence-electron chi connectivity index (χ0n) is 10.4. The number of rotatable bonds is 4. The van der Waals surface area contributed by atoms with Crippen LogP contribution in [0, 0.1) is 11.7 Å². The average molecular weight is 254 g/mol. The highest BCUT2D eigenvalue weighted by molar-refractivity contribution is 5.62. The van der Waals surface area contributed by atoms with Gasteiger partial charge in [-0.15, -0.1) is 0 Å². The molecule has 0 spiro atoms. The van der Waals surface area contributed by atoms with Crippen molar-refractivity contribution in [2.24, 2.45) is 5.92 Å². The molecule has 4 N–H and O–H groups in total. The number of nitrogens with one attached hydrogen (secondary N) is 1. The Morgan fingerprint density at radius 2 is 2.28 bits per heavy atom. The lowest BCUT2D eigenvalue weighted by atomic mass is 10.1. The first-order valence-corrected chi connectivity index (χ1v) is 6.16. The summed E-state index contributed by atoms with van der Waals surface area (Å²) in [7, 11) is 1.49. The number of ether oxygens (including phenoxy) is 1. The summed E-state index contributed by atoms with van der Waals surface area (Å²) >= 11 is 0. The number of anilines is 2. The first kappa shape index (κ1) is 13.0. The molecule has 0 aromatic heterocycles. The molecule has 5 heteroatoms. The van der Waals surface area contributed by atoms with Crippen LogP contribution >= 0.6 is 0 Å². The van der Waals surface area contributed by atoms with Gasteiger partial charge < -0.3 is 20.9 Å². The highest BCUT2D eigenvalue weighted by Gasteiger charge is 2.25. The summed E-state index contributed by atoms with van der Waals surface area (Å²) < 4.78 is 18.7. The first-order chi connectivity index (χ1) is 8.61. The van der Waals surface area contributed by atoms with Crippen molar-refractivity contribution >= 4 is 11.4 Å². The van der Waals surface area contributed by atoms with Gasteiger partial charge in [0.05, 0.1) is 24.6 Å². The molecule has 4 nitrogen and oxygen atoms in total. The fourth-order valence-electron chi connectivity index (χ4n) is 2.38. The zero-order valence-corrected chi connectivity index (χ0v) is 10.4. The number of methoxy groups -OCH3 is 1. The smallest absolute Gasteiger partial charge is 0.148 e. The fourth-order valence-corrected chi connectivity index (χ4v) is 2.38. The van der Waals surface area contributed by atoms with Crippen LogP contribution in [0.25, 0.3) is 0 Å². The highest BCUT2D eigenvalue weighted by atomic mass is 19.1. The lowest BCUT2D eigenvalue weighted by Crippen LogP contribution is -2.22. The molecule has 2 unspecified atom stereocenters. The minimum Gasteiger partial charge on any atom is -0.495 e. The first-order valence-electron chi connectivity index (χ1n) is 6.16. The summed E-state index contributed by atoms with van der Waals surface area (Å²) in [6, 6.07) is 2.79. The normalized spacial score (nSPS) is 23.1. The molecule has 1 aliphatic rings. The van der Waals surface area contributed by atoms with Gasteiger partial charge in [0.2, 0.25) is 0 Å². The maximum Gasteiger partial charge on any atom is 0.148 e. The van der Waals surface area contributed by atoms with Crippen molar-refractivity contribution in [3.8, 4) is 5.75 Å². The van der Waals surface area contributed by atoms with E-state index in [-0.39, 0.29) is 17.7 Å². The quantitative estimate of drug-likeness (QED) is 0.719. The molecule has 0 heterocycles. The van der Waals surface area contributed by atoms with Gasteiger partial charge in [-0.25, -0.2) is 4.39 Å². The predicted molar refractivity (Wildman–Crippen MR) is 69.2 cm³/mol. The van der Waals surface area contributed by atoms with Crippen molar-refractivity contribution in [2.45, 2.75) is 25.4 Å². The van der Waals surface area contributed by atoms with E-state index in [1.165, 1.54) is 13.2 Å². The standard InChI is InChI=1S/C13H19FN2O2/c1-18-13-6-11(9(14)5-10(13)15)16-7-8-3-2-4-12(8)17/h5-6,8,12,16-17H,2-4,7,15H2,1H3. The van der Waals surface area contributed by atoms with E-state index in [0.717, 1.165) is 19.3 Å². The second-order valence-electron chi connectivity index (χ2n) is 4.71. The van der Waals surface area contributed by atoms with Crippen LogP contribution in [0.2, 0.25) is 0 Å². The Morgan fingerprint density at radius 1 is 1.50 bits per heavy atom. The number of hydrogen-bond acceptors (Lipinski definition) is 4. The molecule has 2 rings (SSSR count). The van der Waals surface area contributed by atoms with Crippen LogP contribution in [0.3, 0.4) is 0 Å². The van der Waals surface area contributed by atoms with E-state index in [2.05, 4.69) is 5.32 Å². The van der Waals surface area contributed by atoms with Crippen LogP contribution in [0.5, 0.6) is 5.75 Å². The van der Waals surface area contributed by atoms with Crippen LogP contribution in [0.4, 0.5) is 15.8 Å². The molecule has 0 saturated heterocycles. The van der Waals surface area contributed by atoms with Gasteiger partial charge in [0.1, 0.15) is 11.6 Å². The molecule has 100 valence electrons. The van der Waals surface area contributed by atoms with E-state index in [9.17, 15) is 9.50 Å². The third kappa shape index (κ3) is 2.67. The zero-order chi connectivity index (χ0) is 13.1. The molecule has 2 atom stereocenters. The number of aliphatic hydroxyl groups is 1. The van der Waals surface area contributed by atoms with Gasteiger partial charge in [-0.2, -0.15) is 0 Å². The lowest BCUT2D eigenvalue weighted by Gasteiger charge is -2.17. The summed E-state index contributed by atoms with van der Waals surface area (Å²) in [5.41, 5.74) is 6.25. The minimum absolute atomic E-state index is 0.188. The van der Waals surface area contributed by atoms with Crippen LogP contribution < -0.4 is 15.8 Å². The number of benzene rings is 1. The van der Waals surface area contributed by atoms with Crippen molar-refractivity contribution in [2.75, 3.05) is 24.7 Å².